The van der Waals surface area contributed by atoms with E-state index in [9.17, 15) is 14.0 Å². The second-order valence-corrected chi connectivity index (χ2v) is 14.5. The number of rotatable bonds is 7. The zero-order chi connectivity index (χ0) is 22.8. The first-order valence-electron chi connectivity index (χ1n) is 11.6. The van der Waals surface area contributed by atoms with Crippen LogP contribution in [0.2, 0.25) is 0 Å². The van der Waals surface area contributed by atoms with Gasteiger partial charge >= 0.3 is 190 Å². The molecule has 1 saturated heterocycles. The van der Waals surface area contributed by atoms with Gasteiger partial charge in [0.25, 0.3) is 0 Å². The fourth-order valence-electron chi connectivity index (χ4n) is 5.81. The van der Waals surface area contributed by atoms with E-state index < -0.39 is 12.4 Å². The molecule has 0 spiro atoms. The minimum atomic E-state index is -2.22. The zero-order valence-corrected chi connectivity index (χ0v) is 20.0. The summed E-state index contributed by atoms with van der Waals surface area (Å²) in [6.07, 6.45) is 7.29. The van der Waals surface area contributed by atoms with Crippen LogP contribution >= 0.6 is 7.26 Å². The van der Waals surface area contributed by atoms with Gasteiger partial charge in [0, 0.05) is 0 Å². The number of halogens is 1. The zero-order valence-electron chi connectivity index (χ0n) is 19.0. The Morgan fingerprint density at radius 3 is 2.22 bits per heavy atom. The van der Waals surface area contributed by atoms with E-state index in [0.29, 0.717) is 11.8 Å². The van der Waals surface area contributed by atoms with Crippen LogP contribution in [0.4, 0.5) is 10.1 Å². The first-order valence-corrected chi connectivity index (χ1v) is 14.3. The molecule has 2 aliphatic rings. The van der Waals surface area contributed by atoms with E-state index in [2.05, 4.69) is 5.32 Å². The minimum absolute atomic E-state index is 0.0333. The summed E-state index contributed by atoms with van der Waals surface area (Å²) in [7, 11) is -2.22. The number of anilines is 1. The molecular weight excluding hydrogens is 424 g/mol. The molecule has 4 rings (SSSR count). The number of carbonyl (C=O) groups is 2. The van der Waals surface area contributed by atoms with Crippen molar-refractivity contribution in [3.05, 3.63) is 65.0 Å². The van der Waals surface area contributed by atoms with Crippen LogP contribution in [0.3, 0.4) is 0 Å². The average molecular weight is 458 g/mol. The summed E-state index contributed by atoms with van der Waals surface area (Å²) in [5.41, 5.74) is 3.14. The van der Waals surface area contributed by atoms with Crippen LogP contribution in [0.1, 0.15) is 48.8 Å². The number of esters is 1. The number of ether oxygens (including phenoxy) is 1. The Hall–Kier alpha value is -2.26. The Morgan fingerprint density at radius 1 is 1.03 bits per heavy atom. The molecule has 32 heavy (non-hydrogen) atoms. The summed E-state index contributed by atoms with van der Waals surface area (Å²) in [6.45, 7) is 3.92. The van der Waals surface area contributed by atoms with Gasteiger partial charge in [-0.2, -0.15) is 0 Å². The molecule has 0 aromatic heterocycles. The Morgan fingerprint density at radius 2 is 1.66 bits per heavy atom. The van der Waals surface area contributed by atoms with Gasteiger partial charge < -0.3 is 0 Å². The van der Waals surface area contributed by atoms with Crippen LogP contribution in [0.5, 0.6) is 0 Å². The topological polar surface area (TPSA) is 55.4 Å². The summed E-state index contributed by atoms with van der Waals surface area (Å²) < 4.78 is 19.4. The summed E-state index contributed by atoms with van der Waals surface area (Å²) in [5, 5.41) is 2.73. The van der Waals surface area contributed by atoms with Crippen molar-refractivity contribution in [2.75, 3.05) is 23.8 Å². The Labute approximate surface area is 190 Å². The van der Waals surface area contributed by atoms with Gasteiger partial charge in [-0.3, -0.25) is 0 Å². The summed E-state index contributed by atoms with van der Waals surface area (Å²) in [4.78, 5) is 26.7. The summed E-state index contributed by atoms with van der Waals surface area (Å²) >= 11 is 0. The standard InChI is InChI=1S/C26H33FNO3P/c1-19-15-22(27)16-20(2)24(19)28-25(30)26(11-8-12-26)32(13-6-7-14-32)18-23(29)31-17-21-9-4-3-5-10-21/h3-5,9-10,15-16,32H,6-8,11-14,17-18H2,1-2H3,(H,28,30). The molecule has 1 aliphatic heterocycles. The van der Waals surface area contributed by atoms with Crippen LogP contribution < -0.4 is 5.32 Å². The van der Waals surface area contributed by atoms with E-state index in [4.69, 9.17) is 4.74 Å². The molecule has 0 unspecified atom stereocenters. The normalized spacial score (nSPS) is 19.6. The van der Waals surface area contributed by atoms with Gasteiger partial charge in [-0.15, -0.1) is 0 Å². The van der Waals surface area contributed by atoms with Gasteiger partial charge in [-0.25, -0.2) is 0 Å². The molecule has 172 valence electrons. The van der Waals surface area contributed by atoms with E-state index >= 15 is 0 Å². The van der Waals surface area contributed by atoms with Crippen molar-refractivity contribution in [1.29, 1.82) is 0 Å². The number of hydrogen-bond donors (Lipinski definition) is 1. The molecule has 1 N–H and O–H groups in total. The maximum absolute atomic E-state index is 13.7. The molecule has 0 atom stereocenters. The second kappa shape index (κ2) is 9.31. The van der Waals surface area contributed by atoms with Crippen molar-refractivity contribution in [3.63, 3.8) is 0 Å². The van der Waals surface area contributed by atoms with Crippen molar-refractivity contribution in [2.45, 2.75) is 57.7 Å². The van der Waals surface area contributed by atoms with Gasteiger partial charge in [0.15, 0.2) is 0 Å². The first kappa shape index (κ1) is 22.9. The third kappa shape index (κ3) is 4.32. The fourth-order valence-corrected chi connectivity index (χ4v) is 12.2. The number of hydrogen-bond acceptors (Lipinski definition) is 3. The van der Waals surface area contributed by atoms with E-state index in [1.807, 2.05) is 44.2 Å². The molecule has 0 radical (unpaired) electrons. The molecule has 1 amide bonds. The molecule has 1 aliphatic carbocycles. The summed E-state index contributed by atoms with van der Waals surface area (Å²) in [6, 6.07) is 12.6. The third-order valence-corrected chi connectivity index (χ3v) is 14.0. The Kier molecular flexibility index (Phi) is 6.67. The van der Waals surface area contributed by atoms with Gasteiger partial charge in [0.05, 0.1) is 0 Å². The number of carbonyl (C=O) groups excluding carboxylic acids is 2. The number of amides is 1. The first-order chi connectivity index (χ1) is 15.4. The van der Waals surface area contributed by atoms with Crippen molar-refractivity contribution in [3.8, 4) is 0 Å². The van der Waals surface area contributed by atoms with Gasteiger partial charge in [0.2, 0.25) is 0 Å². The van der Waals surface area contributed by atoms with Crippen LogP contribution in [-0.4, -0.2) is 35.5 Å². The monoisotopic (exact) mass is 457 g/mol. The molecule has 1 saturated carbocycles. The van der Waals surface area contributed by atoms with E-state index in [1.165, 1.54) is 12.1 Å². The molecule has 2 aromatic carbocycles. The van der Waals surface area contributed by atoms with Gasteiger partial charge in [-0.05, 0) is 0 Å². The molecule has 6 heteroatoms. The van der Waals surface area contributed by atoms with E-state index in [0.717, 1.165) is 61.1 Å². The van der Waals surface area contributed by atoms with E-state index in [1.54, 1.807) is 0 Å². The van der Waals surface area contributed by atoms with Crippen molar-refractivity contribution >= 4 is 24.8 Å². The molecule has 1 heterocycles. The number of nitrogens with one attached hydrogen (secondary N) is 1. The van der Waals surface area contributed by atoms with Crippen LogP contribution in [-0.2, 0) is 20.9 Å². The summed E-state index contributed by atoms with van der Waals surface area (Å²) in [5.74, 6) is -0.430. The third-order valence-electron chi connectivity index (χ3n) is 7.68. The van der Waals surface area contributed by atoms with Crippen molar-refractivity contribution in [1.82, 2.24) is 0 Å². The van der Waals surface area contributed by atoms with E-state index in [-0.39, 0.29) is 24.3 Å². The average Bonchev–Trinajstić information content (AvgIpc) is 3.18. The molecular formula is C26H33FNO3P. The predicted octanol–water partition coefficient (Wildman–Crippen LogP) is 5.59. The van der Waals surface area contributed by atoms with Crippen LogP contribution in [0, 0.1) is 19.7 Å². The Balaban J connectivity index is 1.53. The molecule has 2 aromatic rings. The number of aryl methyl sites for hydroxylation is 2. The molecule has 2 fully saturated rings. The van der Waals surface area contributed by atoms with Crippen LogP contribution in [0.25, 0.3) is 0 Å². The van der Waals surface area contributed by atoms with Crippen molar-refractivity contribution in [2.24, 2.45) is 0 Å². The van der Waals surface area contributed by atoms with Crippen LogP contribution in [0.15, 0.2) is 42.5 Å². The van der Waals surface area contributed by atoms with Crippen molar-refractivity contribution < 1.29 is 18.7 Å². The second-order valence-electron chi connectivity index (χ2n) is 9.61. The predicted molar refractivity (Wildman–Crippen MR) is 129 cm³/mol. The maximum atomic E-state index is 13.7. The van der Waals surface area contributed by atoms with Gasteiger partial charge in [0.1, 0.15) is 0 Å². The van der Waals surface area contributed by atoms with Gasteiger partial charge in [-0.1, -0.05) is 0 Å². The SMILES string of the molecule is Cc1cc(F)cc(C)c1NC(=O)C1([PH]2(CC(=O)OCc3ccccc3)CCCC2)CCC1. The molecule has 4 nitrogen and oxygen atoms in total. The molecule has 0 bridgehead atoms. The Bertz CT molecular complexity index is 974. The quantitative estimate of drug-likeness (QED) is 0.436. The number of benzene rings is 2. The fraction of sp³-hybridized carbons (Fsp3) is 0.462.